The standard InChI is InChI=1S/C16H27N3/c1-2-4-11-18(10-3-1)12-5-6-13-19-14-9-17-16(19)15-7-8-15/h9,14-15H,1-8,10-13H2. The monoisotopic (exact) mass is 261 g/mol. The maximum absolute atomic E-state index is 4.51. The first-order chi connectivity index (χ1) is 9.43. The third-order valence-electron chi connectivity index (χ3n) is 4.51. The Labute approximate surface area is 117 Å². The Kier molecular flexibility index (Phi) is 4.54. The molecule has 1 aliphatic heterocycles. The van der Waals surface area contributed by atoms with Crippen LogP contribution in [0.4, 0.5) is 0 Å². The van der Waals surface area contributed by atoms with E-state index in [2.05, 4.69) is 20.6 Å². The van der Waals surface area contributed by atoms with E-state index in [1.165, 1.54) is 83.4 Å². The quantitative estimate of drug-likeness (QED) is 0.732. The van der Waals surface area contributed by atoms with Gasteiger partial charge in [0.05, 0.1) is 0 Å². The molecule has 2 fully saturated rings. The van der Waals surface area contributed by atoms with Crippen LogP contribution >= 0.6 is 0 Å². The van der Waals surface area contributed by atoms with Gasteiger partial charge in [-0.15, -0.1) is 0 Å². The van der Waals surface area contributed by atoms with Gasteiger partial charge in [-0.1, -0.05) is 12.8 Å². The molecular weight excluding hydrogens is 234 g/mol. The molecule has 1 aromatic heterocycles. The summed E-state index contributed by atoms with van der Waals surface area (Å²) in [6.45, 7) is 5.13. The fourth-order valence-electron chi connectivity index (χ4n) is 3.19. The molecule has 0 amide bonds. The normalized spacial score (nSPS) is 21.5. The zero-order valence-electron chi connectivity index (χ0n) is 12.1. The van der Waals surface area contributed by atoms with Crippen molar-refractivity contribution < 1.29 is 0 Å². The summed E-state index contributed by atoms with van der Waals surface area (Å²) in [5.41, 5.74) is 0. The molecule has 3 rings (SSSR count). The van der Waals surface area contributed by atoms with Gasteiger partial charge in [-0.2, -0.15) is 0 Å². The van der Waals surface area contributed by atoms with E-state index in [0.717, 1.165) is 5.92 Å². The number of rotatable bonds is 6. The minimum Gasteiger partial charge on any atom is -0.335 e. The van der Waals surface area contributed by atoms with Crippen LogP contribution in [-0.2, 0) is 6.54 Å². The largest absolute Gasteiger partial charge is 0.335 e. The molecule has 0 spiro atoms. The van der Waals surface area contributed by atoms with Crippen molar-refractivity contribution in [3.8, 4) is 0 Å². The van der Waals surface area contributed by atoms with Crippen LogP contribution in [0.25, 0.3) is 0 Å². The molecule has 2 aliphatic rings. The maximum atomic E-state index is 4.51. The predicted octanol–water partition coefficient (Wildman–Crippen LogP) is 3.42. The summed E-state index contributed by atoms with van der Waals surface area (Å²) in [5.74, 6) is 2.12. The number of likely N-dealkylation sites (tertiary alicyclic amines) is 1. The number of hydrogen-bond donors (Lipinski definition) is 0. The molecule has 0 bridgehead atoms. The molecule has 1 saturated heterocycles. The third-order valence-corrected chi connectivity index (χ3v) is 4.51. The molecule has 0 radical (unpaired) electrons. The third kappa shape index (κ3) is 3.82. The molecule has 106 valence electrons. The summed E-state index contributed by atoms with van der Waals surface area (Å²) in [6, 6.07) is 0. The summed E-state index contributed by atoms with van der Waals surface area (Å²) in [5, 5.41) is 0. The van der Waals surface area contributed by atoms with Crippen LogP contribution in [0.1, 0.15) is 63.1 Å². The van der Waals surface area contributed by atoms with E-state index in [1.54, 1.807) is 0 Å². The summed E-state index contributed by atoms with van der Waals surface area (Å²) in [6.07, 6.45) is 15.2. The fraction of sp³-hybridized carbons (Fsp3) is 0.812. The van der Waals surface area contributed by atoms with Crippen molar-refractivity contribution in [2.24, 2.45) is 0 Å². The highest BCUT2D eigenvalue weighted by molar-refractivity contribution is 5.07. The highest BCUT2D eigenvalue weighted by atomic mass is 15.1. The Morgan fingerprint density at radius 1 is 1.00 bits per heavy atom. The smallest absolute Gasteiger partial charge is 0.111 e. The molecule has 1 saturated carbocycles. The highest BCUT2D eigenvalue weighted by Gasteiger charge is 2.27. The van der Waals surface area contributed by atoms with Crippen molar-refractivity contribution >= 4 is 0 Å². The number of aryl methyl sites for hydroxylation is 1. The van der Waals surface area contributed by atoms with Crippen molar-refractivity contribution in [1.29, 1.82) is 0 Å². The lowest BCUT2D eigenvalue weighted by Crippen LogP contribution is -2.25. The topological polar surface area (TPSA) is 21.1 Å². The Morgan fingerprint density at radius 2 is 1.74 bits per heavy atom. The molecule has 0 N–H and O–H groups in total. The second-order valence-corrected chi connectivity index (χ2v) is 6.22. The van der Waals surface area contributed by atoms with Crippen molar-refractivity contribution in [2.75, 3.05) is 19.6 Å². The first kappa shape index (κ1) is 13.2. The van der Waals surface area contributed by atoms with Crippen LogP contribution in [-0.4, -0.2) is 34.1 Å². The van der Waals surface area contributed by atoms with Gasteiger partial charge in [-0.05, 0) is 58.2 Å². The molecule has 19 heavy (non-hydrogen) atoms. The second-order valence-electron chi connectivity index (χ2n) is 6.22. The van der Waals surface area contributed by atoms with Gasteiger partial charge in [0.25, 0.3) is 0 Å². The molecule has 0 atom stereocenters. The maximum Gasteiger partial charge on any atom is 0.111 e. The van der Waals surface area contributed by atoms with Crippen LogP contribution in [0.3, 0.4) is 0 Å². The Balaban J connectivity index is 1.37. The zero-order chi connectivity index (χ0) is 12.9. The Hall–Kier alpha value is -0.830. The van der Waals surface area contributed by atoms with Gasteiger partial charge in [-0.25, -0.2) is 4.98 Å². The highest BCUT2D eigenvalue weighted by Crippen LogP contribution is 2.38. The van der Waals surface area contributed by atoms with E-state index in [0.29, 0.717) is 0 Å². The summed E-state index contributed by atoms with van der Waals surface area (Å²) in [4.78, 5) is 7.18. The van der Waals surface area contributed by atoms with E-state index in [9.17, 15) is 0 Å². The summed E-state index contributed by atoms with van der Waals surface area (Å²) in [7, 11) is 0. The van der Waals surface area contributed by atoms with E-state index < -0.39 is 0 Å². The van der Waals surface area contributed by atoms with Gasteiger partial charge in [0.15, 0.2) is 0 Å². The van der Waals surface area contributed by atoms with Gasteiger partial charge in [0.1, 0.15) is 5.82 Å². The van der Waals surface area contributed by atoms with Crippen LogP contribution in [0.5, 0.6) is 0 Å². The summed E-state index contributed by atoms with van der Waals surface area (Å²) < 4.78 is 2.39. The molecule has 0 unspecified atom stereocenters. The SMILES string of the molecule is c1cn(CCCCN2CCCCCC2)c(C2CC2)n1. The number of unbranched alkanes of at least 4 members (excludes halogenated alkanes) is 1. The van der Waals surface area contributed by atoms with Gasteiger partial charge >= 0.3 is 0 Å². The lowest BCUT2D eigenvalue weighted by Gasteiger charge is -2.19. The minimum absolute atomic E-state index is 0.778. The molecular formula is C16H27N3. The zero-order valence-corrected chi connectivity index (χ0v) is 12.1. The van der Waals surface area contributed by atoms with Gasteiger partial charge in [-0.3, -0.25) is 0 Å². The van der Waals surface area contributed by atoms with Crippen molar-refractivity contribution in [2.45, 2.75) is 63.8 Å². The lowest BCUT2D eigenvalue weighted by molar-refractivity contribution is 0.276. The van der Waals surface area contributed by atoms with E-state index in [4.69, 9.17) is 0 Å². The average Bonchev–Trinajstić information content (AvgIpc) is 3.21. The molecule has 1 aliphatic carbocycles. The predicted molar refractivity (Wildman–Crippen MR) is 78.3 cm³/mol. The number of nitrogens with zero attached hydrogens (tertiary/aromatic N) is 3. The first-order valence-corrected chi connectivity index (χ1v) is 8.17. The molecule has 3 nitrogen and oxygen atoms in total. The van der Waals surface area contributed by atoms with E-state index >= 15 is 0 Å². The van der Waals surface area contributed by atoms with E-state index in [-0.39, 0.29) is 0 Å². The Bertz CT molecular complexity index is 373. The number of imidazole rings is 1. The molecule has 1 aromatic rings. The second kappa shape index (κ2) is 6.56. The average molecular weight is 261 g/mol. The van der Waals surface area contributed by atoms with Crippen LogP contribution in [0, 0.1) is 0 Å². The van der Waals surface area contributed by atoms with Crippen molar-refractivity contribution in [1.82, 2.24) is 14.5 Å². The van der Waals surface area contributed by atoms with Crippen LogP contribution in [0.15, 0.2) is 12.4 Å². The van der Waals surface area contributed by atoms with Crippen molar-refractivity contribution in [3.63, 3.8) is 0 Å². The first-order valence-electron chi connectivity index (χ1n) is 8.17. The molecule has 0 aromatic carbocycles. The Morgan fingerprint density at radius 3 is 2.47 bits per heavy atom. The van der Waals surface area contributed by atoms with Crippen LogP contribution in [0.2, 0.25) is 0 Å². The lowest BCUT2D eigenvalue weighted by atomic mass is 10.2. The number of aromatic nitrogens is 2. The van der Waals surface area contributed by atoms with Gasteiger partial charge in [0.2, 0.25) is 0 Å². The van der Waals surface area contributed by atoms with Crippen molar-refractivity contribution in [3.05, 3.63) is 18.2 Å². The summed E-state index contributed by atoms with van der Waals surface area (Å²) >= 11 is 0. The van der Waals surface area contributed by atoms with Crippen LogP contribution < -0.4 is 0 Å². The van der Waals surface area contributed by atoms with Gasteiger partial charge < -0.3 is 9.47 Å². The number of hydrogen-bond acceptors (Lipinski definition) is 2. The van der Waals surface area contributed by atoms with E-state index in [1.807, 2.05) is 6.20 Å². The molecule has 3 heteroatoms. The molecule has 2 heterocycles. The van der Waals surface area contributed by atoms with Gasteiger partial charge in [0, 0.05) is 24.9 Å². The fourth-order valence-corrected chi connectivity index (χ4v) is 3.19. The minimum atomic E-state index is 0.778.